The monoisotopic (exact) mass is 290 g/mol. The van der Waals surface area contributed by atoms with Crippen molar-refractivity contribution >= 4 is 23.1 Å². The number of aryl methyl sites for hydroxylation is 1. The van der Waals surface area contributed by atoms with Crippen LogP contribution in [0.4, 0.5) is 11.4 Å². The minimum Gasteiger partial charge on any atom is -0.278 e. The third-order valence-electron chi connectivity index (χ3n) is 3.42. The number of nitro benzene ring substituents is 1. The summed E-state index contributed by atoms with van der Waals surface area (Å²) < 4.78 is 2.09. The SMILES string of the molecule is Cc1nc2n(c1C)N(c1ccc([N+](=O)[O-])cc1)CCS2. The van der Waals surface area contributed by atoms with Gasteiger partial charge in [0.05, 0.1) is 22.0 Å². The van der Waals surface area contributed by atoms with Gasteiger partial charge in [-0.2, -0.15) is 0 Å². The second-order valence-electron chi connectivity index (χ2n) is 4.62. The first-order chi connectivity index (χ1) is 9.58. The minimum atomic E-state index is -0.381. The zero-order valence-corrected chi connectivity index (χ0v) is 12.1. The molecular formula is C13H14N4O2S. The van der Waals surface area contributed by atoms with E-state index in [0.29, 0.717) is 0 Å². The van der Waals surface area contributed by atoms with Gasteiger partial charge in [-0.25, -0.2) is 9.66 Å². The predicted molar refractivity (Wildman–Crippen MR) is 78.3 cm³/mol. The van der Waals surface area contributed by atoms with Crippen molar-refractivity contribution in [1.29, 1.82) is 0 Å². The van der Waals surface area contributed by atoms with Crippen LogP contribution in [0.25, 0.3) is 0 Å². The van der Waals surface area contributed by atoms with Crippen LogP contribution in [0, 0.1) is 24.0 Å². The van der Waals surface area contributed by atoms with E-state index in [2.05, 4.69) is 14.7 Å². The van der Waals surface area contributed by atoms with Crippen LogP contribution in [0.2, 0.25) is 0 Å². The van der Waals surface area contributed by atoms with Gasteiger partial charge < -0.3 is 0 Å². The number of hydrogen-bond donors (Lipinski definition) is 0. The van der Waals surface area contributed by atoms with Gasteiger partial charge in [-0.15, -0.1) is 0 Å². The molecule has 0 amide bonds. The van der Waals surface area contributed by atoms with Crippen LogP contribution in [0.5, 0.6) is 0 Å². The van der Waals surface area contributed by atoms with E-state index in [-0.39, 0.29) is 10.6 Å². The normalized spacial score (nSPS) is 14.2. The topological polar surface area (TPSA) is 64.2 Å². The molecule has 0 aliphatic carbocycles. The van der Waals surface area contributed by atoms with E-state index >= 15 is 0 Å². The van der Waals surface area contributed by atoms with Gasteiger partial charge in [0, 0.05) is 24.4 Å². The number of aromatic nitrogens is 2. The van der Waals surface area contributed by atoms with E-state index in [1.165, 1.54) is 12.1 Å². The molecule has 0 N–H and O–H groups in total. The Hall–Kier alpha value is -2.02. The molecule has 0 saturated carbocycles. The predicted octanol–water partition coefficient (Wildman–Crippen LogP) is 2.78. The molecule has 2 heterocycles. The molecule has 0 fully saturated rings. The Morgan fingerprint density at radius 1 is 1.30 bits per heavy atom. The summed E-state index contributed by atoms with van der Waals surface area (Å²) >= 11 is 1.73. The molecule has 3 rings (SSSR count). The number of nitrogens with zero attached hydrogens (tertiary/aromatic N) is 4. The van der Waals surface area contributed by atoms with E-state index in [9.17, 15) is 10.1 Å². The standard InChI is InChI=1S/C13H14N4O2S/c1-9-10(2)16-13(14-9)20-8-7-15(16)11-3-5-12(6-4-11)17(18)19/h3-6H,7-8H2,1-2H3. The van der Waals surface area contributed by atoms with Gasteiger partial charge in [-0.1, -0.05) is 11.8 Å². The molecule has 0 spiro atoms. The molecule has 1 aliphatic rings. The van der Waals surface area contributed by atoms with Gasteiger partial charge in [0.15, 0.2) is 5.16 Å². The molecule has 0 atom stereocenters. The van der Waals surface area contributed by atoms with Crippen molar-refractivity contribution in [1.82, 2.24) is 9.66 Å². The number of benzene rings is 1. The Kier molecular flexibility index (Phi) is 3.13. The van der Waals surface area contributed by atoms with Crippen molar-refractivity contribution in [2.24, 2.45) is 0 Å². The summed E-state index contributed by atoms with van der Waals surface area (Å²) in [6.45, 7) is 4.89. The Morgan fingerprint density at radius 2 is 2.00 bits per heavy atom. The van der Waals surface area contributed by atoms with Gasteiger partial charge in [0.25, 0.3) is 5.69 Å². The highest BCUT2D eigenvalue weighted by Crippen LogP contribution is 2.30. The first kappa shape index (κ1) is 13.0. The molecule has 1 aliphatic heterocycles. The Labute approximate surface area is 120 Å². The van der Waals surface area contributed by atoms with E-state index in [4.69, 9.17) is 0 Å². The van der Waals surface area contributed by atoms with Crippen LogP contribution >= 0.6 is 11.8 Å². The van der Waals surface area contributed by atoms with Crippen molar-refractivity contribution in [2.75, 3.05) is 17.3 Å². The van der Waals surface area contributed by atoms with Crippen molar-refractivity contribution in [3.63, 3.8) is 0 Å². The highest BCUT2D eigenvalue weighted by Gasteiger charge is 2.23. The van der Waals surface area contributed by atoms with Crippen molar-refractivity contribution < 1.29 is 4.92 Å². The fraction of sp³-hybridized carbons (Fsp3) is 0.308. The molecule has 1 aromatic carbocycles. The second-order valence-corrected chi connectivity index (χ2v) is 5.68. The lowest BCUT2D eigenvalue weighted by Gasteiger charge is -2.31. The maximum atomic E-state index is 10.7. The third-order valence-corrected chi connectivity index (χ3v) is 4.33. The highest BCUT2D eigenvalue weighted by atomic mass is 32.2. The zero-order valence-electron chi connectivity index (χ0n) is 11.2. The van der Waals surface area contributed by atoms with Gasteiger partial charge in [-0.3, -0.25) is 15.1 Å². The number of imidazole rings is 1. The number of hydrogen-bond acceptors (Lipinski definition) is 5. The Bertz CT molecular complexity index is 666. The first-order valence-electron chi connectivity index (χ1n) is 6.29. The van der Waals surface area contributed by atoms with Gasteiger partial charge in [0.2, 0.25) is 0 Å². The quantitative estimate of drug-likeness (QED) is 0.628. The molecule has 0 radical (unpaired) electrons. The summed E-state index contributed by atoms with van der Waals surface area (Å²) in [6, 6.07) is 6.64. The minimum absolute atomic E-state index is 0.110. The van der Waals surface area contributed by atoms with E-state index in [0.717, 1.165) is 34.5 Å². The average molecular weight is 290 g/mol. The van der Waals surface area contributed by atoms with Crippen molar-refractivity contribution in [3.8, 4) is 0 Å². The van der Waals surface area contributed by atoms with Crippen LogP contribution in [-0.4, -0.2) is 26.9 Å². The molecule has 0 unspecified atom stereocenters. The summed E-state index contributed by atoms with van der Waals surface area (Å²) in [6.07, 6.45) is 0. The molecule has 0 bridgehead atoms. The van der Waals surface area contributed by atoms with Crippen LogP contribution in [0.15, 0.2) is 29.4 Å². The van der Waals surface area contributed by atoms with Crippen molar-refractivity contribution in [3.05, 3.63) is 45.8 Å². The molecular weight excluding hydrogens is 276 g/mol. The summed E-state index contributed by atoms with van der Waals surface area (Å²) in [5, 5.41) is 13.8. The lowest BCUT2D eigenvalue weighted by molar-refractivity contribution is -0.384. The molecule has 0 saturated heterocycles. The maximum absolute atomic E-state index is 10.7. The second kappa shape index (κ2) is 4.82. The van der Waals surface area contributed by atoms with E-state index in [1.54, 1.807) is 23.9 Å². The third kappa shape index (κ3) is 2.03. The summed E-state index contributed by atoms with van der Waals surface area (Å²) in [5.74, 6) is 0.951. The highest BCUT2D eigenvalue weighted by molar-refractivity contribution is 7.99. The number of rotatable bonds is 2. The molecule has 20 heavy (non-hydrogen) atoms. The van der Waals surface area contributed by atoms with Crippen LogP contribution in [0.1, 0.15) is 11.4 Å². The smallest absolute Gasteiger partial charge is 0.269 e. The largest absolute Gasteiger partial charge is 0.278 e. The maximum Gasteiger partial charge on any atom is 0.269 e. The van der Waals surface area contributed by atoms with E-state index < -0.39 is 0 Å². The van der Waals surface area contributed by atoms with Crippen LogP contribution in [-0.2, 0) is 0 Å². The number of fused-ring (bicyclic) bond motifs is 1. The lowest BCUT2D eigenvalue weighted by atomic mass is 10.3. The number of anilines is 1. The summed E-state index contributed by atoms with van der Waals surface area (Å²) in [5.41, 5.74) is 3.17. The molecule has 1 aromatic heterocycles. The Balaban J connectivity index is 2.02. The fourth-order valence-corrected chi connectivity index (χ4v) is 3.27. The molecule has 7 heteroatoms. The summed E-state index contributed by atoms with van der Waals surface area (Å²) in [7, 11) is 0. The Morgan fingerprint density at radius 3 is 2.65 bits per heavy atom. The molecule has 104 valence electrons. The molecule has 2 aromatic rings. The van der Waals surface area contributed by atoms with Gasteiger partial charge >= 0.3 is 0 Å². The van der Waals surface area contributed by atoms with E-state index in [1.807, 2.05) is 13.8 Å². The summed E-state index contributed by atoms with van der Waals surface area (Å²) in [4.78, 5) is 14.9. The fourth-order valence-electron chi connectivity index (χ4n) is 2.26. The molecule has 6 nitrogen and oxygen atoms in total. The van der Waals surface area contributed by atoms with Crippen LogP contribution in [0.3, 0.4) is 0 Å². The van der Waals surface area contributed by atoms with Gasteiger partial charge in [-0.05, 0) is 26.0 Å². The van der Waals surface area contributed by atoms with Crippen LogP contribution < -0.4 is 5.01 Å². The van der Waals surface area contributed by atoms with Crippen molar-refractivity contribution in [2.45, 2.75) is 19.0 Å². The van der Waals surface area contributed by atoms with Gasteiger partial charge in [0.1, 0.15) is 0 Å². The first-order valence-corrected chi connectivity index (χ1v) is 7.27. The average Bonchev–Trinajstić information content (AvgIpc) is 2.74. The zero-order chi connectivity index (χ0) is 14.3. The number of nitro groups is 1. The number of thioether (sulfide) groups is 1. The lowest BCUT2D eigenvalue weighted by Crippen LogP contribution is -2.36. The number of non-ortho nitro benzene ring substituents is 1.